The molecule has 0 heterocycles. The molecule has 0 amide bonds. The molecular weight excluding hydrogens is 272 g/mol. The average Bonchev–Trinajstić information content (AvgIpc) is 1.94. The van der Waals surface area contributed by atoms with Gasteiger partial charge in [0.15, 0.2) is 0 Å². The van der Waals surface area contributed by atoms with E-state index in [1.807, 2.05) is 0 Å². The first-order valence-electron chi connectivity index (χ1n) is 3.29. The third-order valence-corrected chi connectivity index (χ3v) is 1.37. The molecule has 0 fully saturated rings. The fourth-order valence-corrected chi connectivity index (χ4v) is 0.839. The van der Waals surface area contributed by atoms with Crippen LogP contribution in [0, 0.1) is 0 Å². The van der Waals surface area contributed by atoms with Crippen LogP contribution in [0.15, 0.2) is 18.2 Å². The van der Waals surface area contributed by atoms with Crippen LogP contribution in [-0.4, -0.2) is 5.57 Å². The van der Waals surface area contributed by atoms with Gasteiger partial charge in [0, 0.05) is 17.7 Å². The van der Waals surface area contributed by atoms with E-state index in [0.717, 1.165) is 0 Å². The molecule has 0 saturated carbocycles. The van der Waals surface area contributed by atoms with Crippen LogP contribution < -0.4 is 16.2 Å². The third-order valence-electron chi connectivity index (χ3n) is 1.29. The van der Waals surface area contributed by atoms with Gasteiger partial charge in [-0.2, -0.15) is 0 Å². The van der Waals surface area contributed by atoms with Crippen molar-refractivity contribution in [3.05, 3.63) is 18.2 Å². The molecule has 8 heteroatoms. The Bertz CT molecular complexity index is 320. The van der Waals surface area contributed by atoms with Crippen molar-refractivity contribution in [2.75, 3.05) is 11.5 Å². The molecule has 1 aromatic rings. The fourth-order valence-electron chi connectivity index (χ4n) is 0.750. The van der Waals surface area contributed by atoms with E-state index < -0.39 is 5.57 Å². The molecule has 0 atom stereocenters. The largest absolute Gasteiger partial charge is 0.487 e. The van der Waals surface area contributed by atoms with Gasteiger partial charge in [-0.05, 0) is 12.1 Å². The molecule has 88 valence electrons. The Morgan fingerprint density at radius 1 is 1.13 bits per heavy atom. The van der Waals surface area contributed by atoms with E-state index in [1.165, 1.54) is 18.2 Å². The zero-order valence-corrected chi connectivity index (χ0v) is 9.63. The van der Waals surface area contributed by atoms with Gasteiger partial charge in [-0.25, -0.2) is 0 Å². The zero-order valence-electron chi connectivity index (χ0n) is 7.25. The second-order valence-electron chi connectivity index (χ2n) is 2.34. The number of halogens is 5. The SMILES string of the molecule is Cl.Cl.Nc1ccc(OC(F)(F)Cl)cc1N. The Morgan fingerprint density at radius 3 is 2.07 bits per heavy atom. The molecule has 15 heavy (non-hydrogen) atoms. The molecule has 3 nitrogen and oxygen atoms in total. The molecule has 0 saturated heterocycles. The van der Waals surface area contributed by atoms with Gasteiger partial charge in [-0.1, -0.05) is 0 Å². The molecule has 0 aliphatic rings. The minimum Gasteiger partial charge on any atom is -0.420 e. The molecule has 0 aliphatic heterocycles. The Balaban J connectivity index is 0. The van der Waals surface area contributed by atoms with Gasteiger partial charge in [-0.3, -0.25) is 0 Å². The van der Waals surface area contributed by atoms with Gasteiger partial charge < -0.3 is 16.2 Å². The van der Waals surface area contributed by atoms with Crippen LogP contribution in [0.5, 0.6) is 5.75 Å². The van der Waals surface area contributed by atoms with E-state index in [1.54, 1.807) is 0 Å². The van der Waals surface area contributed by atoms with Crippen LogP contribution in [-0.2, 0) is 0 Å². The zero-order chi connectivity index (χ0) is 10.1. The fraction of sp³-hybridized carbons (Fsp3) is 0.143. The number of nitrogen functional groups attached to an aromatic ring is 2. The minimum absolute atomic E-state index is 0. The van der Waals surface area contributed by atoms with E-state index in [2.05, 4.69) is 16.3 Å². The first kappa shape index (κ1) is 16.8. The van der Waals surface area contributed by atoms with Crippen LogP contribution in [0.25, 0.3) is 0 Å². The highest BCUT2D eigenvalue weighted by Crippen LogP contribution is 2.28. The van der Waals surface area contributed by atoms with Crippen molar-refractivity contribution >= 4 is 47.8 Å². The van der Waals surface area contributed by atoms with Gasteiger partial charge in [0.05, 0.1) is 11.4 Å². The molecule has 0 aromatic heterocycles. The summed E-state index contributed by atoms with van der Waals surface area (Å²) in [4.78, 5) is 0. The quantitative estimate of drug-likeness (QED) is 0.647. The second kappa shape index (κ2) is 6.05. The normalized spacial score (nSPS) is 9.80. The Hall–Kier alpha value is -0.650. The van der Waals surface area contributed by atoms with Crippen LogP contribution in [0.2, 0.25) is 0 Å². The molecule has 0 bridgehead atoms. The number of ether oxygens (including phenoxy) is 1. The van der Waals surface area contributed by atoms with Crippen molar-refractivity contribution in [3.8, 4) is 5.75 Å². The highest BCUT2D eigenvalue weighted by Gasteiger charge is 2.27. The van der Waals surface area contributed by atoms with Crippen molar-refractivity contribution in [3.63, 3.8) is 0 Å². The number of anilines is 2. The summed E-state index contributed by atoms with van der Waals surface area (Å²) in [6, 6.07) is 3.78. The maximum atomic E-state index is 12.1. The van der Waals surface area contributed by atoms with Crippen molar-refractivity contribution in [2.45, 2.75) is 5.57 Å². The van der Waals surface area contributed by atoms with Crippen LogP contribution in [0.3, 0.4) is 0 Å². The first-order valence-corrected chi connectivity index (χ1v) is 3.67. The number of benzene rings is 1. The topological polar surface area (TPSA) is 61.3 Å². The maximum Gasteiger partial charge on any atom is 0.487 e. The Morgan fingerprint density at radius 2 is 1.67 bits per heavy atom. The lowest BCUT2D eigenvalue weighted by Crippen LogP contribution is -2.15. The number of rotatable bonds is 2. The summed E-state index contributed by atoms with van der Waals surface area (Å²) in [6.45, 7) is 0. The molecule has 0 spiro atoms. The van der Waals surface area contributed by atoms with Crippen molar-refractivity contribution in [2.24, 2.45) is 0 Å². The lowest BCUT2D eigenvalue weighted by molar-refractivity contribution is -0.0964. The predicted octanol–water partition coefficient (Wildman–Crippen LogP) is 2.86. The van der Waals surface area contributed by atoms with Gasteiger partial charge in [0.2, 0.25) is 0 Å². The molecule has 0 unspecified atom stereocenters. The second-order valence-corrected chi connectivity index (χ2v) is 2.78. The standard InChI is InChI=1S/C7H7ClF2N2O.2ClH/c8-7(9,10)13-4-1-2-5(11)6(12)3-4;;/h1-3H,11-12H2;2*1H. The predicted molar refractivity (Wildman–Crippen MR) is 61.2 cm³/mol. The summed E-state index contributed by atoms with van der Waals surface area (Å²) < 4.78 is 28.3. The van der Waals surface area contributed by atoms with Crippen LogP contribution in [0.4, 0.5) is 20.2 Å². The lowest BCUT2D eigenvalue weighted by atomic mass is 10.2. The van der Waals surface area contributed by atoms with E-state index in [4.69, 9.17) is 11.5 Å². The minimum atomic E-state index is -3.73. The van der Waals surface area contributed by atoms with E-state index in [9.17, 15) is 8.78 Å². The molecule has 0 aliphatic carbocycles. The Kier molecular flexibility index (Phi) is 6.76. The summed E-state index contributed by atoms with van der Waals surface area (Å²) >= 11 is 4.53. The number of hydrogen-bond donors (Lipinski definition) is 2. The van der Waals surface area contributed by atoms with Crippen LogP contribution in [0.1, 0.15) is 0 Å². The van der Waals surface area contributed by atoms with Gasteiger partial charge in [0.1, 0.15) is 5.75 Å². The average molecular weight is 282 g/mol. The van der Waals surface area contributed by atoms with Gasteiger partial charge in [-0.15, -0.1) is 33.6 Å². The Labute approximate surface area is 103 Å². The molecule has 1 rings (SSSR count). The molecular formula is C7H9Cl3F2N2O. The lowest BCUT2D eigenvalue weighted by Gasteiger charge is -2.11. The molecule has 0 radical (unpaired) electrons. The van der Waals surface area contributed by atoms with Crippen molar-refractivity contribution < 1.29 is 13.5 Å². The van der Waals surface area contributed by atoms with Crippen LogP contribution >= 0.6 is 36.4 Å². The van der Waals surface area contributed by atoms with E-state index >= 15 is 0 Å². The summed E-state index contributed by atoms with van der Waals surface area (Å²) in [7, 11) is 0. The summed E-state index contributed by atoms with van der Waals surface area (Å²) in [6.07, 6.45) is 0. The highest BCUT2D eigenvalue weighted by atomic mass is 35.5. The van der Waals surface area contributed by atoms with E-state index in [0.29, 0.717) is 5.69 Å². The van der Waals surface area contributed by atoms with Gasteiger partial charge >= 0.3 is 5.57 Å². The number of nitrogens with two attached hydrogens (primary N) is 2. The summed E-state index contributed by atoms with van der Waals surface area (Å²) in [5.41, 5.74) is 7.43. The maximum absolute atomic E-state index is 12.1. The smallest absolute Gasteiger partial charge is 0.420 e. The summed E-state index contributed by atoms with van der Waals surface area (Å²) in [5, 5.41) is 0. The number of hydrogen-bond acceptors (Lipinski definition) is 3. The highest BCUT2D eigenvalue weighted by molar-refractivity contribution is 6.20. The summed E-state index contributed by atoms with van der Waals surface area (Å²) in [5.74, 6) is -0.133. The number of alkyl halides is 3. The molecule has 1 aromatic carbocycles. The van der Waals surface area contributed by atoms with Crippen molar-refractivity contribution in [1.29, 1.82) is 0 Å². The third kappa shape index (κ3) is 5.71. The first-order chi connectivity index (χ1) is 5.88. The molecule has 4 N–H and O–H groups in total. The van der Waals surface area contributed by atoms with Crippen molar-refractivity contribution in [1.82, 2.24) is 0 Å². The monoisotopic (exact) mass is 280 g/mol. The van der Waals surface area contributed by atoms with Gasteiger partial charge in [0.25, 0.3) is 0 Å². The van der Waals surface area contributed by atoms with E-state index in [-0.39, 0.29) is 36.3 Å².